The number of hydrogen-bond donors (Lipinski definition) is 0. The van der Waals surface area contributed by atoms with Gasteiger partial charge in [-0.25, -0.2) is 0 Å². The number of rotatable bonds is 3. The van der Waals surface area contributed by atoms with Gasteiger partial charge in [-0.3, -0.25) is 14.4 Å². The monoisotopic (exact) mass is 326 g/mol. The van der Waals surface area contributed by atoms with E-state index in [4.69, 9.17) is 4.74 Å². The smallest absolute Gasteiger partial charge is 0.308 e. The molecular weight excluding hydrogens is 312 g/mol. The third-order valence-electron chi connectivity index (χ3n) is 3.51. The van der Waals surface area contributed by atoms with E-state index in [-0.39, 0.29) is 11.6 Å². The Morgan fingerprint density at radius 1 is 1.04 bits per heavy atom. The molecule has 4 nitrogen and oxygen atoms in total. The average molecular weight is 326 g/mol. The second-order valence-electron chi connectivity index (χ2n) is 5.18. The first-order chi connectivity index (χ1) is 11.0. The van der Waals surface area contributed by atoms with Crippen molar-refractivity contribution in [2.75, 3.05) is 5.75 Å². The fourth-order valence-electron chi connectivity index (χ4n) is 2.41. The van der Waals surface area contributed by atoms with Crippen LogP contribution in [0.5, 0.6) is 5.75 Å². The van der Waals surface area contributed by atoms with E-state index < -0.39 is 5.97 Å². The number of carbonyl (C=O) groups is 3. The molecule has 0 atom stereocenters. The standard InChI is InChI=1S/C18H14O4S/c1-11(19)22-14-5-2-12(3-6-14)18(21)13-4-7-17-15(10-13)16(20)8-9-23-17/h2-7,10H,8-9H2,1H3. The van der Waals surface area contributed by atoms with Gasteiger partial charge in [0.05, 0.1) is 0 Å². The average Bonchev–Trinajstić information content (AvgIpc) is 2.54. The quantitative estimate of drug-likeness (QED) is 0.491. The third-order valence-corrected chi connectivity index (χ3v) is 4.58. The predicted octanol–water partition coefficient (Wildman–Crippen LogP) is 3.52. The number of hydrogen-bond acceptors (Lipinski definition) is 5. The molecule has 3 rings (SSSR count). The fraction of sp³-hybridized carbons (Fsp3) is 0.167. The fourth-order valence-corrected chi connectivity index (χ4v) is 3.41. The lowest BCUT2D eigenvalue weighted by atomic mass is 9.99. The van der Waals surface area contributed by atoms with Gasteiger partial charge in [-0.2, -0.15) is 0 Å². The van der Waals surface area contributed by atoms with Gasteiger partial charge in [-0.1, -0.05) is 0 Å². The zero-order valence-electron chi connectivity index (χ0n) is 12.5. The Labute approximate surface area is 137 Å². The van der Waals surface area contributed by atoms with Crippen molar-refractivity contribution in [2.45, 2.75) is 18.2 Å². The Kier molecular flexibility index (Phi) is 4.30. The largest absolute Gasteiger partial charge is 0.427 e. The van der Waals surface area contributed by atoms with E-state index in [0.29, 0.717) is 28.9 Å². The van der Waals surface area contributed by atoms with Gasteiger partial charge < -0.3 is 4.74 Å². The zero-order valence-corrected chi connectivity index (χ0v) is 13.3. The minimum atomic E-state index is -0.408. The van der Waals surface area contributed by atoms with Crippen molar-refractivity contribution in [3.05, 3.63) is 59.2 Å². The summed E-state index contributed by atoms with van der Waals surface area (Å²) in [6.07, 6.45) is 0.506. The second kappa shape index (κ2) is 6.38. The summed E-state index contributed by atoms with van der Waals surface area (Å²) in [5.74, 6) is 0.696. The lowest BCUT2D eigenvalue weighted by molar-refractivity contribution is -0.131. The topological polar surface area (TPSA) is 60.4 Å². The van der Waals surface area contributed by atoms with E-state index in [2.05, 4.69) is 0 Å². The summed E-state index contributed by atoms with van der Waals surface area (Å²) in [6, 6.07) is 11.6. The number of carbonyl (C=O) groups excluding carboxylic acids is 3. The van der Waals surface area contributed by atoms with Crippen LogP contribution in [0.25, 0.3) is 0 Å². The van der Waals surface area contributed by atoms with Gasteiger partial charge in [-0.15, -0.1) is 11.8 Å². The molecule has 0 aliphatic carbocycles. The summed E-state index contributed by atoms with van der Waals surface area (Å²) in [4.78, 5) is 36.3. The van der Waals surface area contributed by atoms with Crippen LogP contribution in [0, 0.1) is 0 Å². The lowest BCUT2D eigenvalue weighted by Crippen LogP contribution is -2.10. The Bertz CT molecular complexity index is 793. The molecule has 116 valence electrons. The first kappa shape index (κ1) is 15.5. The van der Waals surface area contributed by atoms with E-state index in [1.807, 2.05) is 6.07 Å². The highest BCUT2D eigenvalue weighted by atomic mass is 32.2. The van der Waals surface area contributed by atoms with Crippen molar-refractivity contribution in [2.24, 2.45) is 0 Å². The summed E-state index contributed by atoms with van der Waals surface area (Å²) in [7, 11) is 0. The van der Waals surface area contributed by atoms with E-state index in [9.17, 15) is 14.4 Å². The molecule has 0 bridgehead atoms. The number of thioether (sulfide) groups is 1. The Morgan fingerprint density at radius 2 is 1.74 bits per heavy atom. The molecule has 23 heavy (non-hydrogen) atoms. The van der Waals surface area contributed by atoms with Crippen LogP contribution in [0.2, 0.25) is 0 Å². The van der Waals surface area contributed by atoms with Crippen LogP contribution in [0.3, 0.4) is 0 Å². The molecule has 0 amide bonds. The van der Waals surface area contributed by atoms with Gasteiger partial charge in [0.2, 0.25) is 0 Å². The van der Waals surface area contributed by atoms with Crippen molar-refractivity contribution < 1.29 is 19.1 Å². The second-order valence-corrected chi connectivity index (χ2v) is 6.32. The molecule has 2 aromatic rings. The SMILES string of the molecule is CC(=O)Oc1ccc(C(=O)c2ccc3c(c2)C(=O)CCS3)cc1. The molecule has 0 saturated heterocycles. The van der Waals surface area contributed by atoms with E-state index in [1.165, 1.54) is 6.92 Å². The number of benzene rings is 2. The molecular formula is C18H14O4S. The minimum Gasteiger partial charge on any atom is -0.427 e. The van der Waals surface area contributed by atoms with Crippen LogP contribution >= 0.6 is 11.8 Å². The normalized spacial score (nSPS) is 13.3. The number of esters is 1. The van der Waals surface area contributed by atoms with E-state index in [0.717, 1.165) is 10.6 Å². The maximum absolute atomic E-state index is 12.5. The maximum Gasteiger partial charge on any atom is 0.308 e. The molecule has 1 heterocycles. The lowest BCUT2D eigenvalue weighted by Gasteiger charge is -2.14. The molecule has 5 heteroatoms. The van der Waals surface area contributed by atoms with Crippen LogP contribution < -0.4 is 4.74 Å². The van der Waals surface area contributed by atoms with Gasteiger partial charge >= 0.3 is 5.97 Å². The van der Waals surface area contributed by atoms with Crippen molar-refractivity contribution in [3.8, 4) is 5.75 Å². The van der Waals surface area contributed by atoms with Crippen LogP contribution in [-0.4, -0.2) is 23.3 Å². The third kappa shape index (κ3) is 3.35. The highest BCUT2D eigenvalue weighted by Crippen LogP contribution is 2.31. The van der Waals surface area contributed by atoms with Gasteiger partial charge in [0.25, 0.3) is 0 Å². The van der Waals surface area contributed by atoms with Gasteiger partial charge in [0.15, 0.2) is 11.6 Å². The first-order valence-corrected chi connectivity index (χ1v) is 8.16. The van der Waals surface area contributed by atoms with Gasteiger partial charge in [0, 0.05) is 40.7 Å². The summed E-state index contributed by atoms with van der Waals surface area (Å²) in [5, 5.41) is 0. The molecule has 0 saturated carbocycles. The maximum atomic E-state index is 12.5. The Hall–Kier alpha value is -2.40. The van der Waals surface area contributed by atoms with Crippen LogP contribution in [0.1, 0.15) is 39.6 Å². The molecule has 0 radical (unpaired) electrons. The van der Waals surface area contributed by atoms with Crippen molar-refractivity contribution in [3.63, 3.8) is 0 Å². The highest BCUT2D eigenvalue weighted by Gasteiger charge is 2.20. The molecule has 0 N–H and O–H groups in total. The molecule has 0 fully saturated rings. The zero-order chi connectivity index (χ0) is 16.4. The Morgan fingerprint density at radius 3 is 2.43 bits per heavy atom. The summed E-state index contributed by atoms with van der Waals surface area (Å²) in [6.45, 7) is 1.32. The van der Waals surface area contributed by atoms with Crippen LogP contribution in [-0.2, 0) is 4.79 Å². The van der Waals surface area contributed by atoms with Crippen LogP contribution in [0.4, 0.5) is 0 Å². The number of ether oxygens (including phenoxy) is 1. The first-order valence-electron chi connectivity index (χ1n) is 7.18. The molecule has 0 unspecified atom stereocenters. The highest BCUT2D eigenvalue weighted by molar-refractivity contribution is 7.99. The minimum absolute atomic E-state index is 0.0820. The molecule has 1 aliphatic heterocycles. The van der Waals surface area contributed by atoms with E-state index >= 15 is 0 Å². The predicted molar refractivity (Wildman–Crippen MR) is 87.3 cm³/mol. The van der Waals surface area contributed by atoms with E-state index in [1.54, 1.807) is 48.2 Å². The summed E-state index contributed by atoms with van der Waals surface area (Å²) in [5.41, 5.74) is 1.60. The number of ketones is 2. The van der Waals surface area contributed by atoms with Crippen molar-refractivity contribution >= 4 is 29.3 Å². The van der Waals surface area contributed by atoms with Gasteiger partial charge in [0.1, 0.15) is 5.75 Å². The van der Waals surface area contributed by atoms with Crippen molar-refractivity contribution in [1.29, 1.82) is 0 Å². The molecule has 0 aromatic heterocycles. The molecule has 2 aromatic carbocycles. The van der Waals surface area contributed by atoms with Crippen molar-refractivity contribution in [1.82, 2.24) is 0 Å². The molecule has 1 aliphatic rings. The number of fused-ring (bicyclic) bond motifs is 1. The Balaban J connectivity index is 1.87. The summed E-state index contributed by atoms with van der Waals surface area (Å²) < 4.78 is 4.95. The summed E-state index contributed by atoms with van der Waals surface area (Å²) >= 11 is 1.64. The number of Topliss-reactive ketones (excluding diaryl/α,β-unsaturated/α-hetero) is 1. The van der Waals surface area contributed by atoms with Crippen LogP contribution in [0.15, 0.2) is 47.4 Å². The molecule has 0 spiro atoms. The van der Waals surface area contributed by atoms with Gasteiger partial charge in [-0.05, 0) is 42.5 Å².